The Morgan fingerprint density at radius 2 is 2.27 bits per heavy atom. The summed E-state index contributed by atoms with van der Waals surface area (Å²) in [5.74, 6) is 0.405. The molecule has 0 N–H and O–H groups in total. The fourth-order valence-electron chi connectivity index (χ4n) is 1.42. The van der Waals surface area contributed by atoms with Crippen molar-refractivity contribution in [1.29, 1.82) is 0 Å². The normalized spacial score (nSPS) is 10.6. The molecule has 0 aromatic carbocycles. The molecule has 5 heteroatoms. The highest BCUT2D eigenvalue weighted by molar-refractivity contribution is 9.10. The highest BCUT2D eigenvalue weighted by Crippen LogP contribution is 2.22. The Hall–Kier alpha value is -1.36. The van der Waals surface area contributed by atoms with Crippen molar-refractivity contribution in [1.82, 2.24) is 9.38 Å². The molecule has 0 spiro atoms. The molecule has 0 aliphatic heterocycles. The predicted molar refractivity (Wildman–Crippen MR) is 62.6 cm³/mol. The number of carbonyl (C=O) groups excluding carboxylic acids is 1. The molecule has 0 saturated heterocycles. The molecule has 15 heavy (non-hydrogen) atoms. The molecule has 2 rings (SSSR count). The van der Waals surface area contributed by atoms with Crippen LogP contribution in [0.3, 0.4) is 0 Å². The average Bonchev–Trinajstić information content (AvgIpc) is 2.55. The number of carbonyl (C=O) groups is 1. The first-order chi connectivity index (χ1) is 7.13. The average molecular weight is 268 g/mol. The van der Waals surface area contributed by atoms with Crippen molar-refractivity contribution in [2.24, 2.45) is 0 Å². The maximum atomic E-state index is 10.7. The van der Waals surface area contributed by atoms with Gasteiger partial charge in [0.1, 0.15) is 4.60 Å². The van der Waals surface area contributed by atoms with Crippen LogP contribution < -0.4 is 4.90 Å². The molecule has 0 aliphatic rings. The van der Waals surface area contributed by atoms with Crippen LogP contribution in [0.25, 0.3) is 5.52 Å². The number of hydrogen-bond donors (Lipinski definition) is 0. The van der Waals surface area contributed by atoms with Gasteiger partial charge in [0, 0.05) is 26.0 Å². The summed E-state index contributed by atoms with van der Waals surface area (Å²) < 4.78 is 2.44. The lowest BCUT2D eigenvalue weighted by Gasteiger charge is -2.12. The minimum Gasteiger partial charge on any atom is -0.378 e. The Balaban J connectivity index is 2.72. The minimum atomic E-state index is 0.405. The van der Waals surface area contributed by atoms with Crippen LogP contribution in [0.15, 0.2) is 22.9 Å². The summed E-state index contributed by atoms with van der Waals surface area (Å²) in [4.78, 5) is 16.8. The van der Waals surface area contributed by atoms with E-state index in [2.05, 4.69) is 20.9 Å². The van der Waals surface area contributed by atoms with Crippen molar-refractivity contribution >= 4 is 33.4 Å². The molecular formula is C10H10BrN3O. The topological polar surface area (TPSA) is 37.6 Å². The van der Waals surface area contributed by atoms with Gasteiger partial charge < -0.3 is 4.90 Å². The number of rotatable bonds is 2. The predicted octanol–water partition coefficient (Wildman–Crippen LogP) is 1.98. The molecular weight excluding hydrogens is 258 g/mol. The zero-order valence-corrected chi connectivity index (χ0v) is 10.0. The molecule has 0 bridgehead atoms. The van der Waals surface area contributed by atoms with Gasteiger partial charge in [-0.05, 0) is 28.1 Å². The van der Waals surface area contributed by atoms with E-state index in [-0.39, 0.29) is 0 Å². The number of fused-ring (bicyclic) bond motifs is 1. The third kappa shape index (κ3) is 1.63. The van der Waals surface area contributed by atoms with Gasteiger partial charge in [-0.1, -0.05) is 0 Å². The monoisotopic (exact) mass is 267 g/mol. The quantitative estimate of drug-likeness (QED) is 0.781. The van der Waals surface area contributed by atoms with E-state index in [0.29, 0.717) is 10.4 Å². The number of anilines is 1. The van der Waals surface area contributed by atoms with E-state index in [9.17, 15) is 4.79 Å². The van der Waals surface area contributed by atoms with E-state index in [1.165, 1.54) is 0 Å². The third-order valence-electron chi connectivity index (χ3n) is 2.23. The lowest BCUT2D eigenvalue weighted by Crippen LogP contribution is -2.08. The lowest BCUT2D eigenvalue weighted by atomic mass is 10.3. The van der Waals surface area contributed by atoms with Gasteiger partial charge in [0.05, 0.1) is 5.52 Å². The van der Waals surface area contributed by atoms with E-state index in [1.807, 2.05) is 37.3 Å². The molecule has 0 atom stereocenters. The first-order valence-electron chi connectivity index (χ1n) is 4.43. The van der Waals surface area contributed by atoms with Gasteiger partial charge >= 0.3 is 0 Å². The second kappa shape index (κ2) is 3.66. The first kappa shape index (κ1) is 10.2. The zero-order chi connectivity index (χ0) is 11.0. The molecule has 0 fully saturated rings. The summed E-state index contributed by atoms with van der Waals surface area (Å²) in [6.45, 7) is 0. The van der Waals surface area contributed by atoms with Crippen LogP contribution in [0.2, 0.25) is 0 Å². The fraction of sp³-hybridized carbons (Fsp3) is 0.200. The molecule has 2 heterocycles. The van der Waals surface area contributed by atoms with Crippen molar-refractivity contribution in [2.45, 2.75) is 0 Å². The molecule has 78 valence electrons. The van der Waals surface area contributed by atoms with E-state index < -0.39 is 0 Å². The van der Waals surface area contributed by atoms with Crippen molar-refractivity contribution in [3.8, 4) is 0 Å². The van der Waals surface area contributed by atoms with Crippen molar-refractivity contribution in [2.75, 3.05) is 19.0 Å². The molecule has 2 aromatic heterocycles. The maximum Gasteiger partial charge on any atom is 0.185 e. The molecule has 2 aromatic rings. The molecule has 0 aliphatic carbocycles. The molecule has 0 radical (unpaired) electrons. The van der Waals surface area contributed by atoms with Crippen LogP contribution >= 0.6 is 15.9 Å². The van der Waals surface area contributed by atoms with Crippen LogP contribution in [-0.4, -0.2) is 29.8 Å². The molecule has 0 saturated carbocycles. The Morgan fingerprint density at radius 1 is 1.53 bits per heavy atom. The number of aldehydes is 1. The minimum absolute atomic E-state index is 0.405. The standard InChI is InChI=1S/C10H10BrN3O/c1-13(2)7-3-4-14-8(5-7)10(11)12-9(14)6-15/h3-6H,1-2H3. The summed E-state index contributed by atoms with van der Waals surface area (Å²) >= 11 is 3.33. The van der Waals surface area contributed by atoms with E-state index >= 15 is 0 Å². The maximum absolute atomic E-state index is 10.7. The summed E-state index contributed by atoms with van der Waals surface area (Å²) in [7, 11) is 3.94. The van der Waals surface area contributed by atoms with Gasteiger partial charge in [0.25, 0.3) is 0 Å². The van der Waals surface area contributed by atoms with Crippen LogP contribution in [0, 0.1) is 0 Å². The Labute approximate surface area is 95.7 Å². The Morgan fingerprint density at radius 3 is 2.87 bits per heavy atom. The smallest absolute Gasteiger partial charge is 0.185 e. The fourth-order valence-corrected chi connectivity index (χ4v) is 1.91. The van der Waals surface area contributed by atoms with E-state index in [0.717, 1.165) is 17.5 Å². The van der Waals surface area contributed by atoms with Crippen LogP contribution in [-0.2, 0) is 0 Å². The number of nitrogens with zero attached hydrogens (tertiary/aromatic N) is 3. The van der Waals surface area contributed by atoms with Gasteiger partial charge in [-0.2, -0.15) is 0 Å². The largest absolute Gasteiger partial charge is 0.378 e. The van der Waals surface area contributed by atoms with Gasteiger partial charge in [-0.3, -0.25) is 9.20 Å². The second-order valence-corrected chi connectivity index (χ2v) is 4.16. The van der Waals surface area contributed by atoms with Gasteiger partial charge in [0.15, 0.2) is 12.1 Å². The van der Waals surface area contributed by atoms with Crippen molar-refractivity contribution in [3.05, 3.63) is 28.8 Å². The van der Waals surface area contributed by atoms with Crippen LogP contribution in [0.1, 0.15) is 10.6 Å². The molecule has 4 nitrogen and oxygen atoms in total. The van der Waals surface area contributed by atoms with Gasteiger partial charge in [-0.25, -0.2) is 4.98 Å². The number of hydrogen-bond acceptors (Lipinski definition) is 3. The highest BCUT2D eigenvalue weighted by Gasteiger charge is 2.08. The van der Waals surface area contributed by atoms with Crippen LogP contribution in [0.5, 0.6) is 0 Å². The summed E-state index contributed by atoms with van der Waals surface area (Å²) in [5, 5.41) is 0. The summed E-state index contributed by atoms with van der Waals surface area (Å²) in [6, 6.07) is 3.91. The zero-order valence-electron chi connectivity index (χ0n) is 8.44. The number of imidazole rings is 1. The van der Waals surface area contributed by atoms with E-state index in [4.69, 9.17) is 0 Å². The van der Waals surface area contributed by atoms with Crippen molar-refractivity contribution in [3.63, 3.8) is 0 Å². The molecule has 0 amide bonds. The Kier molecular flexibility index (Phi) is 2.48. The number of pyridine rings is 1. The van der Waals surface area contributed by atoms with Gasteiger partial charge in [0.2, 0.25) is 0 Å². The second-order valence-electron chi connectivity index (χ2n) is 3.41. The Bertz CT molecular complexity index is 519. The SMILES string of the molecule is CN(C)c1ccn2c(C=O)nc(Br)c2c1. The summed E-state index contributed by atoms with van der Waals surface area (Å²) in [6.07, 6.45) is 2.58. The number of aromatic nitrogens is 2. The highest BCUT2D eigenvalue weighted by atomic mass is 79.9. The molecule has 0 unspecified atom stereocenters. The van der Waals surface area contributed by atoms with Crippen molar-refractivity contribution < 1.29 is 4.79 Å². The third-order valence-corrected chi connectivity index (χ3v) is 2.81. The van der Waals surface area contributed by atoms with Gasteiger partial charge in [-0.15, -0.1) is 0 Å². The summed E-state index contributed by atoms with van der Waals surface area (Å²) in [5.41, 5.74) is 1.96. The number of halogens is 1. The van der Waals surface area contributed by atoms with E-state index in [1.54, 1.807) is 4.40 Å². The van der Waals surface area contributed by atoms with Crippen LogP contribution in [0.4, 0.5) is 5.69 Å². The first-order valence-corrected chi connectivity index (χ1v) is 5.23. The lowest BCUT2D eigenvalue weighted by molar-refractivity contribution is 0.111.